The Morgan fingerprint density at radius 1 is 1.35 bits per heavy atom. The number of nitrogens with two attached hydrogens (primary N) is 1. The van der Waals surface area contributed by atoms with Crippen molar-refractivity contribution in [2.75, 3.05) is 20.3 Å². The average molecular weight is 303 g/mol. The summed E-state index contributed by atoms with van der Waals surface area (Å²) in [5.74, 6) is 1.36. The van der Waals surface area contributed by atoms with Crippen molar-refractivity contribution in [1.82, 2.24) is 5.32 Å². The summed E-state index contributed by atoms with van der Waals surface area (Å²) in [6, 6.07) is 7.41. The minimum atomic E-state index is -0.840. The predicted octanol–water partition coefficient (Wildman–Crippen LogP) is 1.74. The number of ether oxygens (including phenoxy) is 2. The summed E-state index contributed by atoms with van der Waals surface area (Å²) < 4.78 is 10.7. The van der Waals surface area contributed by atoms with Crippen molar-refractivity contribution in [2.45, 2.75) is 25.8 Å². The van der Waals surface area contributed by atoms with Gasteiger partial charge in [0.05, 0.1) is 19.3 Å². The highest BCUT2D eigenvalue weighted by molar-refractivity contribution is 5.85. The lowest BCUT2D eigenvalue weighted by molar-refractivity contribution is -0.125. The molecule has 0 radical (unpaired) electrons. The molecule has 1 rings (SSSR count). The van der Waals surface area contributed by atoms with Crippen LogP contribution in [0.4, 0.5) is 0 Å². The van der Waals surface area contributed by atoms with Gasteiger partial charge in [-0.2, -0.15) is 0 Å². The molecule has 0 aliphatic heterocycles. The van der Waals surface area contributed by atoms with E-state index in [1.54, 1.807) is 21.0 Å². The van der Waals surface area contributed by atoms with E-state index in [4.69, 9.17) is 15.2 Å². The largest absolute Gasteiger partial charge is 0.497 e. The van der Waals surface area contributed by atoms with Gasteiger partial charge in [0.2, 0.25) is 5.91 Å². The van der Waals surface area contributed by atoms with Gasteiger partial charge < -0.3 is 20.5 Å². The fraction of sp³-hybridized carbons (Fsp3) is 0.500. The van der Waals surface area contributed by atoms with E-state index in [9.17, 15) is 4.79 Å². The summed E-state index contributed by atoms with van der Waals surface area (Å²) in [5, 5.41) is 2.76. The minimum absolute atomic E-state index is 0. The number of rotatable bonds is 7. The molecule has 0 atom stereocenters. The maximum Gasteiger partial charge on any atom is 0.239 e. The van der Waals surface area contributed by atoms with E-state index in [1.165, 1.54) is 0 Å². The Morgan fingerprint density at radius 2 is 2.00 bits per heavy atom. The maximum absolute atomic E-state index is 11.5. The highest BCUT2D eigenvalue weighted by Crippen LogP contribution is 2.18. The van der Waals surface area contributed by atoms with Crippen molar-refractivity contribution < 1.29 is 14.3 Å². The Bertz CT molecular complexity index is 419. The third kappa shape index (κ3) is 6.63. The van der Waals surface area contributed by atoms with Crippen molar-refractivity contribution in [2.24, 2.45) is 5.73 Å². The molecule has 0 saturated carbocycles. The Morgan fingerprint density at radius 3 is 2.60 bits per heavy atom. The lowest BCUT2D eigenvalue weighted by Gasteiger charge is -2.17. The number of methoxy groups -OCH3 is 1. The van der Waals surface area contributed by atoms with E-state index >= 15 is 0 Å². The first-order chi connectivity index (χ1) is 8.93. The zero-order chi connectivity index (χ0) is 14.3. The smallest absolute Gasteiger partial charge is 0.239 e. The number of amides is 1. The normalized spacial score (nSPS) is 10.4. The monoisotopic (exact) mass is 302 g/mol. The molecule has 6 heteroatoms. The molecular formula is C14H23ClN2O3. The molecule has 1 aromatic rings. The van der Waals surface area contributed by atoms with Gasteiger partial charge in [0.25, 0.3) is 0 Å². The Hall–Kier alpha value is -1.46. The van der Waals surface area contributed by atoms with Crippen molar-refractivity contribution in [3.05, 3.63) is 24.3 Å². The molecule has 0 aliphatic rings. The molecule has 1 aromatic carbocycles. The maximum atomic E-state index is 11.5. The van der Waals surface area contributed by atoms with E-state index in [2.05, 4.69) is 5.32 Å². The highest BCUT2D eigenvalue weighted by atomic mass is 35.5. The summed E-state index contributed by atoms with van der Waals surface area (Å²) in [6.45, 7) is 4.42. The number of halogens is 1. The summed E-state index contributed by atoms with van der Waals surface area (Å²) in [4.78, 5) is 11.5. The van der Waals surface area contributed by atoms with Crippen LogP contribution in [0.5, 0.6) is 11.5 Å². The molecule has 0 unspecified atom stereocenters. The van der Waals surface area contributed by atoms with Crippen LogP contribution in [-0.4, -0.2) is 31.7 Å². The van der Waals surface area contributed by atoms with Gasteiger partial charge in [-0.25, -0.2) is 0 Å². The lowest BCUT2D eigenvalue weighted by atomic mass is 10.1. The van der Waals surface area contributed by atoms with E-state index in [1.807, 2.05) is 24.3 Å². The van der Waals surface area contributed by atoms with Crippen LogP contribution in [0.3, 0.4) is 0 Å². The van der Waals surface area contributed by atoms with Gasteiger partial charge >= 0.3 is 0 Å². The van der Waals surface area contributed by atoms with E-state index in [0.717, 1.165) is 17.9 Å². The summed E-state index contributed by atoms with van der Waals surface area (Å²) >= 11 is 0. The van der Waals surface area contributed by atoms with E-state index in [0.29, 0.717) is 13.2 Å². The van der Waals surface area contributed by atoms with Crippen molar-refractivity contribution in [1.29, 1.82) is 0 Å². The van der Waals surface area contributed by atoms with Gasteiger partial charge in [-0.05, 0) is 32.4 Å². The number of hydrogen-bond acceptors (Lipinski definition) is 4. The quantitative estimate of drug-likeness (QED) is 0.753. The second kappa shape index (κ2) is 8.66. The number of hydrogen-bond donors (Lipinski definition) is 2. The third-order valence-electron chi connectivity index (χ3n) is 2.50. The zero-order valence-corrected chi connectivity index (χ0v) is 13.0. The van der Waals surface area contributed by atoms with Gasteiger partial charge in [0.15, 0.2) is 0 Å². The molecule has 114 valence electrons. The van der Waals surface area contributed by atoms with Crippen LogP contribution in [0.1, 0.15) is 20.3 Å². The standard InChI is InChI=1S/C14H22N2O3.ClH/c1-14(2,15)13(17)16-8-5-9-19-12-7-4-6-11(10-12)18-3;/h4,6-7,10H,5,8-9,15H2,1-3H3,(H,16,17);1H. The van der Waals surface area contributed by atoms with Crippen LogP contribution in [0.2, 0.25) is 0 Å². The first-order valence-corrected chi connectivity index (χ1v) is 6.27. The highest BCUT2D eigenvalue weighted by Gasteiger charge is 2.20. The second-order valence-electron chi connectivity index (χ2n) is 4.86. The molecule has 0 bridgehead atoms. The van der Waals surface area contributed by atoms with Crippen molar-refractivity contribution >= 4 is 18.3 Å². The lowest BCUT2D eigenvalue weighted by Crippen LogP contribution is -2.49. The molecule has 20 heavy (non-hydrogen) atoms. The Labute approximate surface area is 126 Å². The van der Waals surface area contributed by atoms with Crippen LogP contribution in [0, 0.1) is 0 Å². The van der Waals surface area contributed by atoms with Gasteiger partial charge in [0, 0.05) is 12.6 Å². The molecule has 0 aromatic heterocycles. The van der Waals surface area contributed by atoms with Crippen molar-refractivity contribution in [3.63, 3.8) is 0 Å². The molecule has 5 nitrogen and oxygen atoms in total. The molecule has 0 aliphatic carbocycles. The summed E-state index contributed by atoms with van der Waals surface area (Å²) in [7, 11) is 1.61. The fourth-order valence-corrected chi connectivity index (χ4v) is 1.38. The Kier molecular flexibility index (Phi) is 8.03. The molecular weight excluding hydrogens is 280 g/mol. The van der Waals surface area contributed by atoms with Gasteiger partial charge in [-0.1, -0.05) is 6.07 Å². The molecule has 3 N–H and O–H groups in total. The minimum Gasteiger partial charge on any atom is -0.497 e. The van der Waals surface area contributed by atoms with Crippen LogP contribution >= 0.6 is 12.4 Å². The summed E-state index contributed by atoms with van der Waals surface area (Å²) in [5.41, 5.74) is 4.82. The first-order valence-electron chi connectivity index (χ1n) is 6.27. The molecule has 0 heterocycles. The molecule has 0 spiro atoms. The van der Waals surface area contributed by atoms with Gasteiger partial charge in [-0.3, -0.25) is 4.79 Å². The average Bonchev–Trinajstić information content (AvgIpc) is 2.37. The Balaban J connectivity index is 0.00000361. The third-order valence-corrected chi connectivity index (χ3v) is 2.50. The second-order valence-corrected chi connectivity index (χ2v) is 4.86. The topological polar surface area (TPSA) is 73.6 Å². The van der Waals surface area contributed by atoms with Gasteiger partial charge in [-0.15, -0.1) is 12.4 Å². The van der Waals surface area contributed by atoms with Crippen LogP contribution in [0.15, 0.2) is 24.3 Å². The van der Waals surface area contributed by atoms with Crippen LogP contribution in [0.25, 0.3) is 0 Å². The van der Waals surface area contributed by atoms with E-state index in [-0.39, 0.29) is 18.3 Å². The molecule has 0 fully saturated rings. The van der Waals surface area contributed by atoms with Gasteiger partial charge in [0.1, 0.15) is 11.5 Å². The SMILES string of the molecule is COc1cccc(OCCCNC(=O)C(C)(C)N)c1.Cl. The van der Waals surface area contributed by atoms with E-state index < -0.39 is 5.54 Å². The zero-order valence-electron chi connectivity index (χ0n) is 12.1. The molecule has 0 saturated heterocycles. The predicted molar refractivity (Wildman–Crippen MR) is 81.6 cm³/mol. The number of carbonyl (C=O) groups excluding carboxylic acids is 1. The fourth-order valence-electron chi connectivity index (χ4n) is 1.38. The van der Waals surface area contributed by atoms with Crippen LogP contribution in [-0.2, 0) is 4.79 Å². The van der Waals surface area contributed by atoms with Crippen LogP contribution < -0.4 is 20.5 Å². The number of carbonyl (C=O) groups is 1. The number of benzene rings is 1. The first kappa shape index (κ1) is 18.5. The molecule has 1 amide bonds. The van der Waals surface area contributed by atoms with Crippen molar-refractivity contribution in [3.8, 4) is 11.5 Å². The number of nitrogens with one attached hydrogen (secondary N) is 1. The summed E-state index contributed by atoms with van der Waals surface area (Å²) in [6.07, 6.45) is 0.721.